The smallest absolute Gasteiger partial charge is 0.383 e. The van der Waals surface area contributed by atoms with Crippen LogP contribution in [0.5, 0.6) is 0 Å². The Morgan fingerprint density at radius 3 is 2.36 bits per heavy atom. The fraction of sp³-hybridized carbons (Fsp3) is 0.125. The van der Waals surface area contributed by atoms with E-state index in [4.69, 9.17) is 5.73 Å². The second-order valence-corrected chi connectivity index (χ2v) is 2.73. The van der Waals surface area contributed by atoms with Gasteiger partial charge < -0.3 is 5.73 Å². The lowest BCUT2D eigenvalue weighted by Gasteiger charge is -2.11. The summed E-state index contributed by atoms with van der Waals surface area (Å²) in [7, 11) is 0. The fourth-order valence-corrected chi connectivity index (χ4v) is 1.12. The average Bonchev–Trinajstić information content (AvgIpc) is 2.15. The molecule has 0 radical (unpaired) electrons. The van der Waals surface area contributed by atoms with E-state index in [1.54, 1.807) is 0 Å². The summed E-state index contributed by atoms with van der Waals surface area (Å²) < 4.78 is 40.5. The molecule has 0 aliphatic heterocycles. The van der Waals surface area contributed by atoms with Gasteiger partial charge in [0.05, 0.1) is 5.56 Å². The van der Waals surface area contributed by atoms with Crippen molar-refractivity contribution < 1.29 is 13.2 Å². The predicted octanol–water partition coefficient (Wildman–Crippen LogP) is 2.26. The molecule has 0 fully saturated rings. The molecular formula is C8H7F3N2S. The molecule has 14 heavy (non-hydrogen) atoms. The van der Waals surface area contributed by atoms with Crippen molar-refractivity contribution in [3.8, 4) is 0 Å². The second-order valence-electron chi connectivity index (χ2n) is 2.53. The molecular weight excluding hydrogens is 213 g/mol. The standard InChI is InChI=1S/C8H7F3N2S/c9-8(10,11)6-4-2-1-3-5(6)7(12)13-14/h1-4,14H,(H2,12,13). The molecule has 6 heteroatoms. The van der Waals surface area contributed by atoms with Gasteiger partial charge in [0.2, 0.25) is 0 Å². The minimum absolute atomic E-state index is 0.157. The topological polar surface area (TPSA) is 38.4 Å². The number of hydrogen-bond acceptors (Lipinski definition) is 2. The first-order valence-corrected chi connectivity index (χ1v) is 4.01. The normalized spacial score (nSPS) is 13.0. The molecule has 0 amide bonds. The maximum atomic E-state index is 12.4. The first-order chi connectivity index (χ1) is 6.46. The van der Waals surface area contributed by atoms with E-state index in [-0.39, 0.29) is 11.4 Å². The number of rotatable bonds is 1. The monoisotopic (exact) mass is 220 g/mol. The van der Waals surface area contributed by atoms with Gasteiger partial charge in [-0.25, -0.2) is 4.40 Å². The summed E-state index contributed by atoms with van der Waals surface area (Å²) in [6.07, 6.45) is -4.43. The third kappa shape index (κ3) is 2.20. The van der Waals surface area contributed by atoms with Crippen LogP contribution >= 0.6 is 12.8 Å². The van der Waals surface area contributed by atoms with E-state index in [2.05, 4.69) is 17.2 Å². The Hall–Kier alpha value is -1.17. The number of nitrogens with two attached hydrogens (primary N) is 1. The Labute approximate surface area is 84.2 Å². The van der Waals surface area contributed by atoms with E-state index >= 15 is 0 Å². The molecule has 0 saturated heterocycles. The third-order valence-electron chi connectivity index (χ3n) is 1.62. The largest absolute Gasteiger partial charge is 0.417 e. The molecule has 0 saturated carbocycles. The van der Waals surface area contributed by atoms with Crippen molar-refractivity contribution >= 4 is 18.7 Å². The predicted molar refractivity (Wildman–Crippen MR) is 51.2 cm³/mol. The van der Waals surface area contributed by atoms with Crippen LogP contribution in [0, 0.1) is 0 Å². The average molecular weight is 220 g/mol. The molecule has 0 unspecified atom stereocenters. The Morgan fingerprint density at radius 1 is 1.29 bits per heavy atom. The van der Waals surface area contributed by atoms with E-state index in [9.17, 15) is 13.2 Å². The number of amidine groups is 1. The van der Waals surface area contributed by atoms with Gasteiger partial charge in [0, 0.05) is 5.56 Å². The molecule has 1 aromatic carbocycles. The van der Waals surface area contributed by atoms with Gasteiger partial charge in [-0.2, -0.15) is 13.2 Å². The Balaban J connectivity index is 3.31. The van der Waals surface area contributed by atoms with Crippen LogP contribution in [0.15, 0.2) is 28.7 Å². The van der Waals surface area contributed by atoms with E-state index in [1.807, 2.05) is 0 Å². The van der Waals surface area contributed by atoms with Crippen molar-refractivity contribution in [3.05, 3.63) is 35.4 Å². The Morgan fingerprint density at radius 2 is 1.86 bits per heavy atom. The highest BCUT2D eigenvalue weighted by atomic mass is 32.1. The van der Waals surface area contributed by atoms with E-state index < -0.39 is 11.7 Å². The molecule has 2 N–H and O–H groups in total. The molecule has 0 spiro atoms. The SMILES string of the molecule is N/C(=N\S)c1ccccc1C(F)(F)F. The van der Waals surface area contributed by atoms with Gasteiger partial charge in [0.15, 0.2) is 0 Å². The maximum Gasteiger partial charge on any atom is 0.417 e. The first-order valence-electron chi connectivity index (χ1n) is 3.61. The first kappa shape index (κ1) is 10.9. The number of benzene rings is 1. The Kier molecular flexibility index (Phi) is 3.05. The van der Waals surface area contributed by atoms with E-state index in [0.717, 1.165) is 6.07 Å². The highest BCUT2D eigenvalue weighted by Gasteiger charge is 2.33. The van der Waals surface area contributed by atoms with Crippen LogP contribution in [0.4, 0.5) is 13.2 Å². The molecule has 76 valence electrons. The van der Waals surface area contributed by atoms with Gasteiger partial charge in [0.1, 0.15) is 5.84 Å². The van der Waals surface area contributed by atoms with Crippen molar-refractivity contribution in [1.82, 2.24) is 0 Å². The van der Waals surface area contributed by atoms with Gasteiger partial charge in [-0.05, 0) is 18.9 Å². The van der Waals surface area contributed by atoms with Crippen LogP contribution in [0.2, 0.25) is 0 Å². The quantitative estimate of drug-likeness (QED) is 0.425. The Bertz CT molecular complexity index is 360. The van der Waals surface area contributed by atoms with E-state index in [0.29, 0.717) is 0 Å². The summed E-state index contributed by atoms with van der Waals surface area (Å²) in [6, 6.07) is 4.94. The molecule has 0 aromatic heterocycles. The summed E-state index contributed by atoms with van der Waals surface area (Å²) in [5, 5.41) is 0. The number of halogens is 3. The maximum absolute atomic E-state index is 12.4. The van der Waals surface area contributed by atoms with Crippen molar-refractivity contribution in [2.45, 2.75) is 6.18 Å². The van der Waals surface area contributed by atoms with Crippen molar-refractivity contribution in [1.29, 1.82) is 0 Å². The minimum Gasteiger partial charge on any atom is -0.383 e. The third-order valence-corrected chi connectivity index (χ3v) is 1.83. The molecule has 2 nitrogen and oxygen atoms in total. The summed E-state index contributed by atoms with van der Waals surface area (Å²) in [5.74, 6) is -0.249. The van der Waals surface area contributed by atoms with Crippen LogP contribution in [-0.2, 0) is 6.18 Å². The van der Waals surface area contributed by atoms with Crippen LogP contribution in [0.25, 0.3) is 0 Å². The lowest BCUT2D eigenvalue weighted by atomic mass is 10.1. The number of hydrogen-bond donors (Lipinski definition) is 2. The molecule has 0 atom stereocenters. The van der Waals surface area contributed by atoms with Gasteiger partial charge in [-0.1, -0.05) is 18.2 Å². The number of thiol groups is 1. The number of nitrogens with zero attached hydrogens (tertiary/aromatic N) is 1. The van der Waals surface area contributed by atoms with Gasteiger partial charge in [-0.15, -0.1) is 0 Å². The second kappa shape index (κ2) is 3.91. The molecule has 1 aromatic rings. The minimum atomic E-state index is -4.43. The van der Waals surface area contributed by atoms with Crippen LogP contribution in [0.3, 0.4) is 0 Å². The van der Waals surface area contributed by atoms with Gasteiger partial charge >= 0.3 is 6.18 Å². The van der Waals surface area contributed by atoms with Crippen molar-refractivity contribution in [2.75, 3.05) is 0 Å². The zero-order valence-electron chi connectivity index (χ0n) is 6.92. The molecule has 0 aliphatic rings. The van der Waals surface area contributed by atoms with Crippen LogP contribution < -0.4 is 5.73 Å². The van der Waals surface area contributed by atoms with Crippen molar-refractivity contribution in [3.63, 3.8) is 0 Å². The van der Waals surface area contributed by atoms with E-state index in [1.165, 1.54) is 18.2 Å². The summed E-state index contributed by atoms with van der Waals surface area (Å²) in [5.41, 5.74) is 4.30. The summed E-state index contributed by atoms with van der Waals surface area (Å²) in [4.78, 5) is 0. The summed E-state index contributed by atoms with van der Waals surface area (Å²) >= 11 is 3.47. The highest BCUT2D eigenvalue weighted by Crippen LogP contribution is 2.31. The highest BCUT2D eigenvalue weighted by molar-refractivity contribution is 7.79. The zero-order valence-corrected chi connectivity index (χ0v) is 7.81. The molecule has 0 aliphatic carbocycles. The lowest BCUT2D eigenvalue weighted by molar-refractivity contribution is -0.137. The molecule has 0 bridgehead atoms. The molecule has 1 rings (SSSR count). The fourth-order valence-electron chi connectivity index (χ4n) is 1.01. The van der Waals surface area contributed by atoms with Crippen LogP contribution in [0.1, 0.15) is 11.1 Å². The van der Waals surface area contributed by atoms with Crippen molar-refractivity contribution in [2.24, 2.45) is 10.1 Å². The van der Waals surface area contributed by atoms with Crippen LogP contribution in [-0.4, -0.2) is 5.84 Å². The zero-order chi connectivity index (χ0) is 10.8. The van der Waals surface area contributed by atoms with Gasteiger partial charge in [-0.3, -0.25) is 0 Å². The lowest BCUT2D eigenvalue weighted by Crippen LogP contribution is -2.19. The molecule has 0 heterocycles. The van der Waals surface area contributed by atoms with Gasteiger partial charge in [0.25, 0.3) is 0 Å². The number of alkyl halides is 3. The summed E-state index contributed by atoms with van der Waals surface area (Å²) in [6.45, 7) is 0.